The molecule has 0 atom stereocenters. The smallest absolute Gasteiger partial charge is 0.278 e. The molecule has 1 fully saturated rings. The molecule has 12 heteroatoms. The molecule has 3 aliphatic heterocycles. The van der Waals surface area contributed by atoms with E-state index in [2.05, 4.69) is 39.3 Å². The highest BCUT2D eigenvalue weighted by Gasteiger charge is 2.27. The highest BCUT2D eigenvalue weighted by atomic mass is 16.5. The lowest BCUT2D eigenvalue weighted by Gasteiger charge is -2.34. The number of allylic oxidation sites excluding steroid dienone is 2. The Morgan fingerprint density at radius 3 is 2.59 bits per heavy atom. The van der Waals surface area contributed by atoms with Gasteiger partial charge >= 0.3 is 0 Å². The summed E-state index contributed by atoms with van der Waals surface area (Å²) in [5.41, 5.74) is 2.24. The zero-order chi connectivity index (χ0) is 27.9. The lowest BCUT2D eigenvalue weighted by Crippen LogP contribution is -2.44. The van der Waals surface area contributed by atoms with Crippen LogP contribution in [0.2, 0.25) is 0 Å². The first-order chi connectivity index (χ1) is 20.0. The predicted molar refractivity (Wildman–Crippen MR) is 157 cm³/mol. The van der Waals surface area contributed by atoms with Crippen LogP contribution < -0.4 is 25.4 Å². The molecule has 0 saturated carbocycles. The van der Waals surface area contributed by atoms with Crippen molar-refractivity contribution in [3.8, 4) is 11.6 Å². The minimum atomic E-state index is -0.214. The lowest BCUT2D eigenvalue weighted by atomic mass is 10.2. The number of hydrogen-bond acceptors (Lipinski definition) is 9. The molecule has 6 heterocycles. The molecule has 12 nitrogen and oxygen atoms in total. The zero-order valence-electron chi connectivity index (χ0n) is 22.9. The van der Waals surface area contributed by atoms with Crippen LogP contribution in [0.4, 0.5) is 23.1 Å². The average molecular weight is 554 g/mol. The Kier molecular flexibility index (Phi) is 6.38. The van der Waals surface area contributed by atoms with E-state index in [4.69, 9.17) is 14.7 Å². The third kappa shape index (κ3) is 4.69. The van der Waals surface area contributed by atoms with E-state index in [9.17, 15) is 9.59 Å². The van der Waals surface area contributed by atoms with Crippen LogP contribution in [0.1, 0.15) is 12.8 Å². The third-order valence-corrected chi connectivity index (χ3v) is 7.81. The fourth-order valence-electron chi connectivity index (χ4n) is 5.51. The summed E-state index contributed by atoms with van der Waals surface area (Å²) in [6, 6.07) is 11.8. The average Bonchev–Trinajstić information content (AvgIpc) is 3.27. The summed E-state index contributed by atoms with van der Waals surface area (Å²) in [4.78, 5) is 46.9. The van der Waals surface area contributed by atoms with Crippen LogP contribution >= 0.6 is 0 Å². The fourth-order valence-corrected chi connectivity index (χ4v) is 5.51. The van der Waals surface area contributed by atoms with Gasteiger partial charge in [0.2, 0.25) is 11.9 Å². The first kappa shape index (κ1) is 25.3. The Bertz CT molecular complexity index is 1700. The molecular formula is C29H31N9O3. The molecule has 1 amide bonds. The van der Waals surface area contributed by atoms with Crippen LogP contribution in [-0.2, 0) is 11.3 Å². The summed E-state index contributed by atoms with van der Waals surface area (Å²) in [6.07, 6.45) is 6.31. The molecule has 0 radical (unpaired) electrons. The van der Waals surface area contributed by atoms with Crippen molar-refractivity contribution in [3.05, 3.63) is 65.1 Å². The number of anilines is 4. The van der Waals surface area contributed by atoms with E-state index >= 15 is 0 Å². The lowest BCUT2D eigenvalue weighted by molar-refractivity contribution is -0.118. The van der Waals surface area contributed by atoms with E-state index in [1.54, 1.807) is 32.6 Å². The maximum absolute atomic E-state index is 13.5. The van der Waals surface area contributed by atoms with Crippen LogP contribution in [0.5, 0.6) is 5.75 Å². The highest BCUT2D eigenvalue weighted by Crippen LogP contribution is 2.32. The van der Waals surface area contributed by atoms with Crippen LogP contribution in [-0.4, -0.2) is 81.5 Å². The number of likely N-dealkylation sites (N-methyl/N-ethyl adjacent to an activating group) is 1. The first-order valence-corrected chi connectivity index (χ1v) is 13.9. The standard InChI is InChI=1S/C29H31N9O3/c1-34-13-15-35(16-14-34)21-8-6-20(7-9-21)31-29-30-19-22-26(33-29)38-24-11-10-23-27(32-24)36(17-18-41-23)25(39)5-3-2-4-12-37(38)28(22)40/h2,4,6-11,19H,3,5,12-18H2,1H3,(H,30,31,33). The van der Waals surface area contributed by atoms with Crippen molar-refractivity contribution in [2.24, 2.45) is 0 Å². The number of ether oxygens (including phenoxy) is 1. The largest absolute Gasteiger partial charge is 0.488 e. The van der Waals surface area contributed by atoms with E-state index in [-0.39, 0.29) is 11.5 Å². The predicted octanol–water partition coefficient (Wildman–Crippen LogP) is 2.55. The van der Waals surface area contributed by atoms with Gasteiger partial charge in [-0.25, -0.2) is 19.3 Å². The molecule has 210 valence electrons. The minimum Gasteiger partial charge on any atom is -0.488 e. The van der Waals surface area contributed by atoms with Crippen molar-refractivity contribution in [2.45, 2.75) is 19.4 Å². The van der Waals surface area contributed by atoms with Crippen molar-refractivity contribution in [3.63, 3.8) is 0 Å². The number of fused-ring (bicyclic) bond motifs is 5. The van der Waals surface area contributed by atoms with Crippen molar-refractivity contribution >= 4 is 40.1 Å². The highest BCUT2D eigenvalue weighted by molar-refractivity contribution is 5.94. The Labute approximate surface area is 236 Å². The van der Waals surface area contributed by atoms with Gasteiger partial charge in [-0.05, 0) is 49.9 Å². The number of piperazine rings is 1. The summed E-state index contributed by atoms with van der Waals surface area (Å²) in [7, 11) is 2.15. The van der Waals surface area contributed by atoms with Gasteiger partial charge in [0.1, 0.15) is 12.0 Å². The molecule has 0 unspecified atom stereocenters. The SMILES string of the molecule is CN1CCN(c2ccc(Nc3ncc4c(=O)n5n(c4n3)-c3ccc4c(n3)N(CCO4)C(=O)CCC=CC5)cc2)CC1. The van der Waals surface area contributed by atoms with E-state index in [1.807, 2.05) is 24.3 Å². The number of hydrogen-bond donors (Lipinski definition) is 1. The Balaban J connectivity index is 1.26. The molecule has 1 aromatic carbocycles. The van der Waals surface area contributed by atoms with Gasteiger partial charge in [0, 0.05) is 50.2 Å². The minimum absolute atomic E-state index is 0.00775. The molecule has 3 aromatic heterocycles. The van der Waals surface area contributed by atoms with Gasteiger partial charge < -0.3 is 19.9 Å². The van der Waals surface area contributed by atoms with Crippen LogP contribution in [0.15, 0.2) is 59.5 Å². The van der Waals surface area contributed by atoms with Crippen molar-refractivity contribution in [1.29, 1.82) is 0 Å². The van der Waals surface area contributed by atoms with Gasteiger partial charge in [0.15, 0.2) is 23.0 Å². The van der Waals surface area contributed by atoms with Crippen molar-refractivity contribution in [1.82, 2.24) is 29.2 Å². The Hall–Kier alpha value is -4.71. The number of carbonyl (C=O) groups excluding carboxylic acids is 1. The molecule has 1 N–H and O–H groups in total. The van der Waals surface area contributed by atoms with Crippen LogP contribution in [0.25, 0.3) is 16.9 Å². The monoisotopic (exact) mass is 553 g/mol. The van der Waals surface area contributed by atoms with Gasteiger partial charge in [0.05, 0.1) is 13.1 Å². The number of carbonyl (C=O) groups is 1. The van der Waals surface area contributed by atoms with E-state index < -0.39 is 0 Å². The molecule has 7 rings (SSSR count). The Morgan fingerprint density at radius 1 is 0.927 bits per heavy atom. The molecule has 0 aliphatic carbocycles. The number of nitrogens with zero attached hydrogens (tertiary/aromatic N) is 8. The van der Waals surface area contributed by atoms with Gasteiger partial charge in [-0.1, -0.05) is 12.2 Å². The van der Waals surface area contributed by atoms with Gasteiger partial charge in [0.25, 0.3) is 5.56 Å². The summed E-state index contributed by atoms with van der Waals surface area (Å²) in [5.74, 6) is 1.83. The molecule has 4 aromatic rings. The maximum Gasteiger partial charge on any atom is 0.278 e. The van der Waals surface area contributed by atoms with Crippen molar-refractivity contribution in [2.75, 3.05) is 61.5 Å². The molecule has 1 saturated heterocycles. The molecular weight excluding hydrogens is 522 g/mol. The van der Waals surface area contributed by atoms with Gasteiger partial charge in [-0.15, -0.1) is 0 Å². The topological polar surface area (TPSA) is 114 Å². The van der Waals surface area contributed by atoms with Crippen molar-refractivity contribution < 1.29 is 9.53 Å². The number of nitrogens with one attached hydrogen (secondary N) is 1. The summed E-state index contributed by atoms with van der Waals surface area (Å²) in [6.45, 7) is 5.24. The third-order valence-electron chi connectivity index (χ3n) is 7.81. The zero-order valence-corrected chi connectivity index (χ0v) is 22.9. The summed E-state index contributed by atoms with van der Waals surface area (Å²) in [5, 5.41) is 3.67. The van der Waals surface area contributed by atoms with E-state index in [1.165, 1.54) is 5.69 Å². The molecule has 3 aliphatic rings. The summed E-state index contributed by atoms with van der Waals surface area (Å²) >= 11 is 0. The Morgan fingerprint density at radius 2 is 1.76 bits per heavy atom. The van der Waals surface area contributed by atoms with E-state index in [0.29, 0.717) is 66.9 Å². The maximum atomic E-state index is 13.5. The van der Waals surface area contributed by atoms with Gasteiger partial charge in [-0.3, -0.25) is 14.5 Å². The second-order valence-corrected chi connectivity index (χ2v) is 10.5. The quantitative estimate of drug-likeness (QED) is 0.383. The fraction of sp³-hybridized carbons (Fsp3) is 0.345. The number of benzene rings is 1. The summed E-state index contributed by atoms with van der Waals surface area (Å²) < 4.78 is 9.08. The van der Waals surface area contributed by atoms with Crippen LogP contribution in [0.3, 0.4) is 0 Å². The van der Waals surface area contributed by atoms with Crippen LogP contribution in [0, 0.1) is 0 Å². The molecule has 2 bridgehead atoms. The second kappa shape index (κ2) is 10.4. The number of amides is 1. The number of aromatic nitrogens is 5. The van der Waals surface area contributed by atoms with Gasteiger partial charge in [-0.2, -0.15) is 4.98 Å². The van der Waals surface area contributed by atoms with E-state index in [0.717, 1.165) is 31.9 Å². The molecule has 41 heavy (non-hydrogen) atoms. The second-order valence-electron chi connectivity index (χ2n) is 10.5. The normalized spacial score (nSPS) is 17.5. The number of rotatable bonds is 3. The number of pyridine rings is 1. The molecule has 0 spiro atoms. The first-order valence-electron chi connectivity index (χ1n) is 13.9.